The van der Waals surface area contributed by atoms with Crippen LogP contribution in [0, 0.1) is 0 Å². The largest absolute Gasteiger partial charge is 0.493 e. The SMILES string of the molecule is COc1cc(C(=O)N2CCc3ccccc32)ccc1OCc1ccccc1. The van der Waals surface area contributed by atoms with Gasteiger partial charge in [0.1, 0.15) is 6.61 Å². The monoisotopic (exact) mass is 359 g/mol. The molecule has 1 heterocycles. The van der Waals surface area contributed by atoms with Crippen molar-refractivity contribution < 1.29 is 14.3 Å². The Morgan fingerprint density at radius 1 is 0.963 bits per heavy atom. The fraction of sp³-hybridized carbons (Fsp3) is 0.174. The number of nitrogens with zero attached hydrogens (tertiary/aromatic N) is 1. The van der Waals surface area contributed by atoms with Gasteiger partial charge >= 0.3 is 0 Å². The second-order valence-electron chi connectivity index (χ2n) is 6.48. The number of methoxy groups -OCH3 is 1. The highest BCUT2D eigenvalue weighted by Gasteiger charge is 2.25. The molecule has 0 aliphatic carbocycles. The summed E-state index contributed by atoms with van der Waals surface area (Å²) in [7, 11) is 1.59. The van der Waals surface area contributed by atoms with Crippen molar-refractivity contribution in [2.24, 2.45) is 0 Å². The van der Waals surface area contributed by atoms with E-state index in [1.165, 1.54) is 5.56 Å². The van der Waals surface area contributed by atoms with E-state index in [1.54, 1.807) is 25.3 Å². The summed E-state index contributed by atoms with van der Waals surface area (Å²) in [5.74, 6) is 1.16. The van der Waals surface area contributed by atoms with Crippen molar-refractivity contribution in [3.8, 4) is 11.5 Å². The van der Waals surface area contributed by atoms with Crippen LogP contribution in [0.25, 0.3) is 0 Å². The fourth-order valence-electron chi connectivity index (χ4n) is 3.36. The number of hydrogen-bond acceptors (Lipinski definition) is 3. The van der Waals surface area contributed by atoms with Gasteiger partial charge in [-0.15, -0.1) is 0 Å². The average molecular weight is 359 g/mol. The molecular formula is C23H21NO3. The second kappa shape index (κ2) is 7.54. The molecular weight excluding hydrogens is 338 g/mol. The Bertz CT molecular complexity index is 953. The van der Waals surface area contributed by atoms with E-state index in [0.29, 0.717) is 30.2 Å². The molecule has 0 saturated heterocycles. The van der Waals surface area contributed by atoms with Crippen molar-refractivity contribution in [3.63, 3.8) is 0 Å². The number of rotatable bonds is 5. The number of benzene rings is 3. The van der Waals surface area contributed by atoms with Crippen molar-refractivity contribution in [3.05, 3.63) is 89.5 Å². The van der Waals surface area contributed by atoms with Crippen LogP contribution in [0.4, 0.5) is 5.69 Å². The topological polar surface area (TPSA) is 38.8 Å². The standard InChI is InChI=1S/C23H21NO3/c1-26-22-15-19(11-12-21(22)27-16-17-7-3-2-4-8-17)23(25)24-14-13-18-9-5-6-10-20(18)24/h2-12,15H,13-14,16H2,1H3. The van der Waals surface area contributed by atoms with Gasteiger partial charge in [0.25, 0.3) is 5.91 Å². The molecule has 136 valence electrons. The molecule has 4 rings (SSSR count). The molecule has 0 N–H and O–H groups in total. The first-order valence-electron chi connectivity index (χ1n) is 9.01. The fourth-order valence-corrected chi connectivity index (χ4v) is 3.36. The summed E-state index contributed by atoms with van der Waals surface area (Å²) >= 11 is 0. The van der Waals surface area contributed by atoms with Gasteiger partial charge in [0, 0.05) is 17.8 Å². The van der Waals surface area contributed by atoms with Gasteiger partial charge in [-0.1, -0.05) is 48.5 Å². The highest BCUT2D eigenvalue weighted by atomic mass is 16.5. The molecule has 0 saturated carbocycles. The molecule has 0 atom stereocenters. The van der Waals surface area contributed by atoms with Gasteiger partial charge < -0.3 is 14.4 Å². The van der Waals surface area contributed by atoms with E-state index >= 15 is 0 Å². The zero-order valence-corrected chi connectivity index (χ0v) is 15.2. The van der Waals surface area contributed by atoms with E-state index in [0.717, 1.165) is 17.7 Å². The van der Waals surface area contributed by atoms with Crippen LogP contribution in [-0.2, 0) is 13.0 Å². The highest BCUT2D eigenvalue weighted by molar-refractivity contribution is 6.07. The lowest BCUT2D eigenvalue weighted by Gasteiger charge is -2.18. The Morgan fingerprint density at radius 3 is 2.56 bits per heavy atom. The van der Waals surface area contributed by atoms with Crippen molar-refractivity contribution in [1.82, 2.24) is 0 Å². The number of carbonyl (C=O) groups is 1. The predicted octanol–water partition coefficient (Wildman–Crippen LogP) is 4.48. The Morgan fingerprint density at radius 2 is 1.74 bits per heavy atom. The molecule has 0 spiro atoms. The predicted molar refractivity (Wildman–Crippen MR) is 106 cm³/mol. The van der Waals surface area contributed by atoms with Gasteiger partial charge in [-0.25, -0.2) is 0 Å². The minimum absolute atomic E-state index is 0.0205. The van der Waals surface area contributed by atoms with Gasteiger partial charge in [-0.2, -0.15) is 0 Å². The molecule has 1 aliphatic heterocycles. The van der Waals surface area contributed by atoms with Crippen molar-refractivity contribution >= 4 is 11.6 Å². The van der Waals surface area contributed by atoms with E-state index in [9.17, 15) is 4.79 Å². The lowest BCUT2D eigenvalue weighted by Crippen LogP contribution is -2.28. The third kappa shape index (κ3) is 3.51. The molecule has 0 bridgehead atoms. The summed E-state index contributed by atoms with van der Waals surface area (Å²) in [4.78, 5) is 14.8. The second-order valence-corrected chi connectivity index (χ2v) is 6.48. The van der Waals surface area contributed by atoms with Crippen LogP contribution < -0.4 is 14.4 Å². The Labute approximate surface area is 159 Å². The Hall–Kier alpha value is -3.27. The average Bonchev–Trinajstić information content (AvgIpc) is 3.16. The molecule has 1 amide bonds. The zero-order chi connectivity index (χ0) is 18.6. The summed E-state index contributed by atoms with van der Waals surface area (Å²) < 4.78 is 11.3. The van der Waals surface area contributed by atoms with Crippen molar-refractivity contribution in [2.75, 3.05) is 18.6 Å². The number of fused-ring (bicyclic) bond motifs is 1. The van der Waals surface area contributed by atoms with E-state index in [2.05, 4.69) is 6.07 Å². The summed E-state index contributed by atoms with van der Waals surface area (Å²) in [6.45, 7) is 1.15. The summed E-state index contributed by atoms with van der Waals surface area (Å²) in [6, 6.07) is 23.3. The maximum absolute atomic E-state index is 13.0. The Balaban J connectivity index is 1.53. The zero-order valence-electron chi connectivity index (χ0n) is 15.2. The minimum Gasteiger partial charge on any atom is -0.493 e. The van der Waals surface area contributed by atoms with Gasteiger partial charge in [0.2, 0.25) is 0 Å². The molecule has 3 aromatic rings. The summed E-state index contributed by atoms with van der Waals surface area (Å²) in [6.07, 6.45) is 0.886. The first-order valence-corrected chi connectivity index (χ1v) is 9.01. The number of amides is 1. The maximum atomic E-state index is 13.0. The third-order valence-corrected chi connectivity index (χ3v) is 4.78. The van der Waals surface area contributed by atoms with Crippen LogP contribution in [0.2, 0.25) is 0 Å². The van der Waals surface area contributed by atoms with Crippen molar-refractivity contribution in [2.45, 2.75) is 13.0 Å². The maximum Gasteiger partial charge on any atom is 0.258 e. The summed E-state index contributed by atoms with van der Waals surface area (Å²) in [5.41, 5.74) is 3.87. The smallest absolute Gasteiger partial charge is 0.258 e. The number of carbonyl (C=O) groups excluding carboxylic acids is 1. The van der Waals surface area contributed by atoms with Gasteiger partial charge in [0.05, 0.1) is 7.11 Å². The van der Waals surface area contributed by atoms with Gasteiger partial charge in [-0.05, 0) is 41.8 Å². The van der Waals surface area contributed by atoms with Crippen LogP contribution in [-0.4, -0.2) is 19.6 Å². The van der Waals surface area contributed by atoms with Crippen molar-refractivity contribution in [1.29, 1.82) is 0 Å². The van der Waals surface area contributed by atoms with E-state index in [-0.39, 0.29) is 5.91 Å². The van der Waals surface area contributed by atoms with Crippen LogP contribution in [0.5, 0.6) is 11.5 Å². The molecule has 0 unspecified atom stereocenters. The van der Waals surface area contributed by atoms with Crippen LogP contribution in [0.15, 0.2) is 72.8 Å². The lowest BCUT2D eigenvalue weighted by molar-refractivity contribution is 0.0989. The first kappa shape index (κ1) is 17.2. The molecule has 0 aromatic heterocycles. The first-order chi connectivity index (χ1) is 13.3. The molecule has 3 aromatic carbocycles. The quantitative estimate of drug-likeness (QED) is 0.674. The Kier molecular flexibility index (Phi) is 4.79. The lowest BCUT2D eigenvalue weighted by atomic mass is 10.1. The molecule has 27 heavy (non-hydrogen) atoms. The molecule has 0 radical (unpaired) electrons. The molecule has 4 heteroatoms. The van der Waals surface area contributed by atoms with E-state index in [4.69, 9.17) is 9.47 Å². The molecule has 0 fully saturated rings. The normalized spacial score (nSPS) is 12.6. The number of para-hydroxylation sites is 1. The number of hydrogen-bond donors (Lipinski definition) is 0. The van der Waals surface area contributed by atoms with Crippen LogP contribution in [0.1, 0.15) is 21.5 Å². The van der Waals surface area contributed by atoms with E-state index < -0.39 is 0 Å². The minimum atomic E-state index is -0.0205. The number of ether oxygens (including phenoxy) is 2. The van der Waals surface area contributed by atoms with Crippen LogP contribution >= 0.6 is 0 Å². The van der Waals surface area contributed by atoms with Gasteiger partial charge in [0.15, 0.2) is 11.5 Å². The van der Waals surface area contributed by atoms with Gasteiger partial charge in [-0.3, -0.25) is 4.79 Å². The summed E-state index contributed by atoms with van der Waals surface area (Å²) in [5, 5.41) is 0. The van der Waals surface area contributed by atoms with E-state index in [1.807, 2.05) is 53.4 Å². The highest BCUT2D eigenvalue weighted by Crippen LogP contribution is 2.32. The molecule has 1 aliphatic rings. The third-order valence-electron chi connectivity index (χ3n) is 4.78. The molecule has 4 nitrogen and oxygen atoms in total. The number of anilines is 1. The van der Waals surface area contributed by atoms with Crippen LogP contribution in [0.3, 0.4) is 0 Å².